The maximum atomic E-state index is 5.32. The number of hydrogen-bond acceptors (Lipinski definition) is 2. The van der Waals surface area contributed by atoms with Crippen LogP contribution < -0.4 is 0 Å². The van der Waals surface area contributed by atoms with Gasteiger partial charge in [-0.05, 0) is 73.2 Å². The molecule has 2 heterocycles. The zero-order chi connectivity index (χ0) is 22.1. The molecule has 2 heteroatoms. The first-order valence-electron chi connectivity index (χ1n) is 11.5. The minimum Gasteiger partial charge on any atom is -0.276 e. The normalized spacial score (nSPS) is 18.6. The van der Waals surface area contributed by atoms with E-state index in [0.717, 1.165) is 24.3 Å². The molecule has 0 aliphatic carbocycles. The van der Waals surface area contributed by atoms with E-state index in [2.05, 4.69) is 100 Å². The van der Waals surface area contributed by atoms with Crippen LogP contribution in [0.1, 0.15) is 49.9 Å². The molecule has 4 aromatic carbocycles. The van der Waals surface area contributed by atoms with E-state index >= 15 is 0 Å². The molecule has 0 saturated heterocycles. The molecule has 0 radical (unpaired) electrons. The van der Waals surface area contributed by atoms with Gasteiger partial charge >= 0.3 is 0 Å². The van der Waals surface area contributed by atoms with Crippen molar-refractivity contribution in [1.29, 1.82) is 0 Å². The first-order valence-corrected chi connectivity index (χ1v) is 11.5. The van der Waals surface area contributed by atoms with Crippen molar-refractivity contribution in [3.63, 3.8) is 0 Å². The summed E-state index contributed by atoms with van der Waals surface area (Å²) in [6.07, 6.45) is 1.88. The van der Waals surface area contributed by atoms with Gasteiger partial charge in [0.15, 0.2) is 0 Å². The summed E-state index contributed by atoms with van der Waals surface area (Å²) in [7, 11) is 0. The molecule has 6 rings (SSSR count). The first kappa shape index (κ1) is 19.4. The Balaban J connectivity index is 1.65. The molecule has 0 unspecified atom stereocenters. The maximum Gasteiger partial charge on any atom is 0.0914 e. The molecule has 0 N–H and O–H groups in total. The number of benzene rings is 4. The van der Waals surface area contributed by atoms with Gasteiger partial charge in [0.25, 0.3) is 0 Å². The summed E-state index contributed by atoms with van der Waals surface area (Å²) in [6.45, 7) is 8.97. The minimum absolute atomic E-state index is 0.173. The van der Waals surface area contributed by atoms with E-state index in [1.54, 1.807) is 0 Å². The smallest absolute Gasteiger partial charge is 0.0914 e. The lowest BCUT2D eigenvalue weighted by Gasteiger charge is -2.35. The molecular formula is C30H28N2. The van der Waals surface area contributed by atoms with Crippen LogP contribution in [0.2, 0.25) is 0 Å². The Kier molecular flexibility index (Phi) is 4.02. The highest BCUT2D eigenvalue weighted by atomic mass is 14.9. The number of nitrogens with zero attached hydrogens (tertiary/aromatic N) is 2. The van der Waals surface area contributed by atoms with Crippen molar-refractivity contribution >= 4 is 33.0 Å². The highest BCUT2D eigenvalue weighted by molar-refractivity contribution is 6.55. The molecular weight excluding hydrogens is 388 g/mol. The minimum atomic E-state index is -0.173. The van der Waals surface area contributed by atoms with E-state index in [1.165, 1.54) is 43.8 Å². The van der Waals surface area contributed by atoms with Crippen molar-refractivity contribution in [2.45, 2.75) is 51.6 Å². The largest absolute Gasteiger partial charge is 0.276 e. The Hall–Kier alpha value is -3.26. The summed E-state index contributed by atoms with van der Waals surface area (Å²) in [4.78, 5) is 10.6. The lowest BCUT2D eigenvalue weighted by Crippen LogP contribution is -2.37. The summed E-state index contributed by atoms with van der Waals surface area (Å²) >= 11 is 0. The second kappa shape index (κ2) is 6.62. The lowest BCUT2D eigenvalue weighted by molar-refractivity contribution is 0.510. The molecule has 158 valence electrons. The number of rotatable bonds is 1. The maximum absolute atomic E-state index is 5.32. The molecule has 0 aromatic heterocycles. The summed E-state index contributed by atoms with van der Waals surface area (Å²) < 4.78 is 0. The van der Waals surface area contributed by atoms with Crippen LogP contribution in [-0.2, 0) is 12.8 Å². The molecule has 0 bridgehead atoms. The van der Waals surface area contributed by atoms with E-state index in [0.29, 0.717) is 0 Å². The van der Waals surface area contributed by atoms with E-state index in [-0.39, 0.29) is 11.1 Å². The van der Waals surface area contributed by atoms with Crippen LogP contribution >= 0.6 is 0 Å². The van der Waals surface area contributed by atoms with Gasteiger partial charge in [-0.15, -0.1) is 0 Å². The van der Waals surface area contributed by atoms with Gasteiger partial charge in [0, 0.05) is 11.1 Å². The Morgan fingerprint density at radius 3 is 1.38 bits per heavy atom. The molecule has 2 nitrogen and oxygen atoms in total. The van der Waals surface area contributed by atoms with Crippen LogP contribution in [0.25, 0.3) is 21.5 Å². The Bertz CT molecular complexity index is 1350. The summed E-state index contributed by atoms with van der Waals surface area (Å²) in [5.41, 5.74) is 7.01. The zero-order valence-corrected chi connectivity index (χ0v) is 19.2. The molecule has 0 amide bonds. The first-order chi connectivity index (χ1) is 15.3. The molecule has 0 spiro atoms. The zero-order valence-electron chi connectivity index (χ0n) is 19.2. The molecule has 0 saturated carbocycles. The van der Waals surface area contributed by atoms with Crippen LogP contribution in [0.15, 0.2) is 82.8 Å². The third kappa shape index (κ3) is 3.01. The number of fused-ring (bicyclic) bond motifs is 6. The fraction of sp³-hybridized carbons (Fsp3) is 0.267. The van der Waals surface area contributed by atoms with E-state index in [9.17, 15) is 0 Å². The average molecular weight is 417 g/mol. The van der Waals surface area contributed by atoms with Gasteiger partial charge in [0.1, 0.15) is 0 Å². The van der Waals surface area contributed by atoms with Crippen LogP contribution in [-0.4, -0.2) is 22.5 Å². The third-order valence-electron chi connectivity index (χ3n) is 6.86. The predicted molar refractivity (Wildman–Crippen MR) is 137 cm³/mol. The Labute approximate surface area is 189 Å². The van der Waals surface area contributed by atoms with Gasteiger partial charge in [-0.3, -0.25) is 9.98 Å². The van der Waals surface area contributed by atoms with Gasteiger partial charge in [-0.25, -0.2) is 0 Å². The lowest BCUT2D eigenvalue weighted by atomic mass is 9.78. The molecule has 2 aliphatic heterocycles. The summed E-state index contributed by atoms with van der Waals surface area (Å²) in [5.74, 6) is 0. The molecule has 0 fully saturated rings. The summed E-state index contributed by atoms with van der Waals surface area (Å²) in [6, 6.07) is 26.4. The fourth-order valence-corrected chi connectivity index (χ4v) is 5.53. The van der Waals surface area contributed by atoms with Crippen LogP contribution in [0, 0.1) is 0 Å². The molecule has 32 heavy (non-hydrogen) atoms. The van der Waals surface area contributed by atoms with Crippen LogP contribution in [0.3, 0.4) is 0 Å². The van der Waals surface area contributed by atoms with Gasteiger partial charge in [-0.1, -0.05) is 72.8 Å². The predicted octanol–water partition coefficient (Wildman–Crippen LogP) is 6.94. The van der Waals surface area contributed by atoms with Crippen molar-refractivity contribution in [3.8, 4) is 0 Å². The quantitative estimate of drug-likeness (QED) is 0.321. The van der Waals surface area contributed by atoms with Crippen LogP contribution in [0.5, 0.6) is 0 Å². The number of aliphatic imine (C=N–C) groups is 2. The van der Waals surface area contributed by atoms with Gasteiger partial charge in [0.05, 0.1) is 22.5 Å². The monoisotopic (exact) mass is 416 g/mol. The standard InChI is InChI=1S/C30H28N2/c1-29(2)17-25-21-11-7-5-9-19(21)13-15-23(25)27(31-29)28-24-16-14-20-10-6-8-12-22(20)26(24)18-30(3,4)32-28/h5-16H,17-18H2,1-4H3. The highest BCUT2D eigenvalue weighted by Gasteiger charge is 2.35. The van der Waals surface area contributed by atoms with Gasteiger partial charge in [-0.2, -0.15) is 0 Å². The fourth-order valence-electron chi connectivity index (χ4n) is 5.53. The topological polar surface area (TPSA) is 24.7 Å². The SMILES string of the molecule is CC1(C)Cc2c(ccc3ccccc23)C(C2=NC(C)(C)Cc3c2ccc2ccccc32)=N1. The van der Waals surface area contributed by atoms with Gasteiger partial charge < -0.3 is 0 Å². The van der Waals surface area contributed by atoms with Crippen molar-refractivity contribution in [2.75, 3.05) is 0 Å². The second-order valence-electron chi connectivity index (χ2n) is 10.5. The molecule has 0 atom stereocenters. The van der Waals surface area contributed by atoms with Crippen molar-refractivity contribution < 1.29 is 0 Å². The van der Waals surface area contributed by atoms with E-state index in [4.69, 9.17) is 9.98 Å². The molecule has 4 aromatic rings. The average Bonchev–Trinajstić information content (AvgIpc) is 2.77. The Morgan fingerprint density at radius 2 is 0.938 bits per heavy atom. The van der Waals surface area contributed by atoms with Crippen molar-refractivity contribution in [1.82, 2.24) is 0 Å². The van der Waals surface area contributed by atoms with Gasteiger partial charge in [0.2, 0.25) is 0 Å². The number of hydrogen-bond donors (Lipinski definition) is 0. The van der Waals surface area contributed by atoms with Crippen LogP contribution in [0.4, 0.5) is 0 Å². The Morgan fingerprint density at radius 1 is 0.531 bits per heavy atom. The van der Waals surface area contributed by atoms with Crippen molar-refractivity contribution in [2.24, 2.45) is 9.98 Å². The third-order valence-corrected chi connectivity index (χ3v) is 6.86. The highest BCUT2D eigenvalue weighted by Crippen LogP contribution is 2.37. The van der Waals surface area contributed by atoms with E-state index < -0.39 is 0 Å². The summed E-state index contributed by atoms with van der Waals surface area (Å²) in [5, 5.41) is 5.25. The molecule has 2 aliphatic rings. The second-order valence-corrected chi connectivity index (χ2v) is 10.5. The van der Waals surface area contributed by atoms with E-state index in [1.807, 2.05) is 0 Å². The van der Waals surface area contributed by atoms with Crippen molar-refractivity contribution in [3.05, 3.63) is 95.1 Å².